The quantitative estimate of drug-likeness (QED) is 0.216. The fourth-order valence-electron chi connectivity index (χ4n) is 6.81. The molecule has 0 aromatic heterocycles. The molecule has 45 heavy (non-hydrogen) atoms. The van der Waals surface area contributed by atoms with E-state index >= 15 is 0 Å². The van der Waals surface area contributed by atoms with Crippen molar-refractivity contribution in [1.82, 2.24) is 15.7 Å². The van der Waals surface area contributed by atoms with E-state index in [1.54, 1.807) is 12.1 Å². The lowest BCUT2D eigenvalue weighted by atomic mass is 9.62. The van der Waals surface area contributed by atoms with E-state index in [-0.39, 0.29) is 38.7 Å². The van der Waals surface area contributed by atoms with Crippen molar-refractivity contribution in [3.05, 3.63) is 71.3 Å². The number of hydrogen-bond donors (Lipinski definition) is 5. The number of benzene rings is 2. The zero-order chi connectivity index (χ0) is 31.7. The van der Waals surface area contributed by atoms with Crippen LogP contribution in [0.25, 0.3) is 6.08 Å². The van der Waals surface area contributed by atoms with Crippen molar-refractivity contribution in [2.75, 3.05) is 19.9 Å². The Labute approximate surface area is 259 Å². The lowest BCUT2D eigenvalue weighted by Gasteiger charge is -2.49. The van der Waals surface area contributed by atoms with Gasteiger partial charge in [0.15, 0.2) is 6.04 Å². The molecule has 6 rings (SSSR count). The Morgan fingerprint density at radius 2 is 1.84 bits per heavy atom. The maximum Gasteiger partial charge on any atom is 0.327 e. The molecular weight excluding hydrogens is 586 g/mol. The summed E-state index contributed by atoms with van der Waals surface area (Å²) < 4.78 is 17.4. The molecule has 2 bridgehead atoms. The second kappa shape index (κ2) is 12.9. The molecule has 2 aromatic rings. The molecule has 13 nitrogen and oxygen atoms in total. The largest absolute Gasteiger partial charge is 0.508 e. The summed E-state index contributed by atoms with van der Waals surface area (Å²) in [4.78, 5) is 47.2. The van der Waals surface area contributed by atoms with E-state index in [2.05, 4.69) is 10.6 Å². The summed E-state index contributed by atoms with van der Waals surface area (Å²) >= 11 is 0. The molecule has 3 aliphatic heterocycles. The second-order valence-electron chi connectivity index (χ2n) is 11.7. The molecule has 0 radical (unpaired) electrons. The zero-order valence-electron chi connectivity index (χ0n) is 24.7. The van der Waals surface area contributed by atoms with Gasteiger partial charge in [0, 0.05) is 13.0 Å². The minimum absolute atomic E-state index is 0.0595. The Balaban J connectivity index is 1.30. The molecule has 13 heteroatoms. The maximum atomic E-state index is 14.3. The van der Waals surface area contributed by atoms with E-state index in [0.29, 0.717) is 6.42 Å². The van der Waals surface area contributed by atoms with Crippen LogP contribution < -0.4 is 10.6 Å². The highest BCUT2D eigenvalue weighted by atomic mass is 16.8. The number of nitrogens with one attached hydrogen (secondary N) is 2. The summed E-state index contributed by atoms with van der Waals surface area (Å²) in [5.41, 5.74) is 0.912. The maximum absolute atomic E-state index is 14.3. The standard InChI is InChI=1S/C32H37N3O10/c1-18(37)24(29(39)33-13-14-36)34-31(41)32-15-23-25-26(43-17-42-25)28(32)45-35(27(32)30(40)44-23)16-21-9-3-2-7-19(21)10-6-11-20-8-4-5-12-22(20)38/h2-10,12,18,23-28,36-38H,11,13-17H2,1H3,(H,33,39)(H,34,41)/t18-,23+,24+,25-,26-,27-,28+,32-/m0/s1. The number of aliphatic hydroxyl groups excluding tert-OH is 2. The Morgan fingerprint density at radius 1 is 1.11 bits per heavy atom. The summed E-state index contributed by atoms with van der Waals surface area (Å²) in [5, 5.41) is 36.2. The van der Waals surface area contributed by atoms with Gasteiger partial charge in [-0.05, 0) is 36.1 Å². The first-order valence-corrected chi connectivity index (χ1v) is 15.0. The summed E-state index contributed by atoms with van der Waals surface area (Å²) in [6.07, 6.45) is 0.0618. The minimum Gasteiger partial charge on any atom is -0.508 e. The van der Waals surface area contributed by atoms with Gasteiger partial charge in [-0.25, -0.2) is 0 Å². The number of para-hydroxylation sites is 1. The Kier molecular flexibility index (Phi) is 8.91. The Morgan fingerprint density at radius 3 is 2.60 bits per heavy atom. The second-order valence-corrected chi connectivity index (χ2v) is 11.7. The average molecular weight is 624 g/mol. The predicted octanol–water partition coefficient (Wildman–Crippen LogP) is 0.164. The molecule has 8 atom stereocenters. The average Bonchev–Trinajstić information content (AvgIpc) is 3.65. The van der Waals surface area contributed by atoms with Gasteiger partial charge in [-0.2, -0.15) is 5.06 Å². The van der Waals surface area contributed by atoms with Crippen LogP contribution in [0, 0.1) is 5.41 Å². The molecule has 2 amide bonds. The number of aliphatic hydroxyl groups is 2. The first kappa shape index (κ1) is 31.1. The highest BCUT2D eigenvalue weighted by molar-refractivity contribution is 5.96. The van der Waals surface area contributed by atoms with E-state index < -0.39 is 65.8 Å². The fourth-order valence-corrected chi connectivity index (χ4v) is 6.81. The van der Waals surface area contributed by atoms with E-state index in [1.807, 2.05) is 48.6 Å². The number of rotatable bonds is 11. The van der Waals surface area contributed by atoms with Gasteiger partial charge >= 0.3 is 5.97 Å². The third-order valence-corrected chi connectivity index (χ3v) is 8.97. The number of phenolic OH excluding ortho intramolecular Hbond substituents is 1. The van der Waals surface area contributed by atoms with Crippen LogP contribution in [0.1, 0.15) is 30.0 Å². The molecule has 0 unspecified atom stereocenters. The van der Waals surface area contributed by atoms with Crippen LogP contribution in [-0.4, -0.2) is 101 Å². The van der Waals surface area contributed by atoms with Gasteiger partial charge in [0.05, 0.1) is 19.3 Å². The third-order valence-electron chi connectivity index (χ3n) is 8.97. The van der Waals surface area contributed by atoms with Crippen LogP contribution in [0.15, 0.2) is 54.6 Å². The SMILES string of the molecule is C[C@H](O)[C@@H](NC(=O)[C@@]12C[C@H]3OC(=O)[C@@H]1N(Cc1ccccc1C=CCc1ccccc1O)O[C@@H]2[C@H]1OCO[C@H]13)C(=O)NCCO. The molecule has 3 heterocycles. The lowest BCUT2D eigenvalue weighted by molar-refractivity contribution is -0.201. The highest BCUT2D eigenvalue weighted by Crippen LogP contribution is 2.55. The fraction of sp³-hybridized carbons (Fsp3) is 0.469. The molecule has 1 aliphatic carbocycles. The Hall–Kier alpha value is -3.85. The van der Waals surface area contributed by atoms with E-state index in [9.17, 15) is 24.6 Å². The summed E-state index contributed by atoms with van der Waals surface area (Å²) in [6.45, 7) is 1.04. The van der Waals surface area contributed by atoms with Crippen molar-refractivity contribution >= 4 is 23.9 Å². The van der Waals surface area contributed by atoms with Crippen LogP contribution in [-0.2, 0) is 46.4 Å². The van der Waals surface area contributed by atoms with Gasteiger partial charge in [-0.1, -0.05) is 54.6 Å². The van der Waals surface area contributed by atoms with E-state index in [4.69, 9.17) is 24.2 Å². The van der Waals surface area contributed by atoms with Crippen molar-refractivity contribution in [3.63, 3.8) is 0 Å². The number of phenols is 1. The number of aromatic hydroxyl groups is 1. The van der Waals surface area contributed by atoms with Gasteiger partial charge in [-0.15, -0.1) is 0 Å². The number of amides is 2. The molecule has 5 N–H and O–H groups in total. The van der Waals surface area contributed by atoms with Gasteiger partial charge < -0.3 is 40.2 Å². The van der Waals surface area contributed by atoms with Crippen LogP contribution in [0.3, 0.4) is 0 Å². The molecule has 3 saturated heterocycles. The van der Waals surface area contributed by atoms with Crippen LogP contribution in [0.2, 0.25) is 0 Å². The number of fused-ring (bicyclic) bond motifs is 4. The van der Waals surface area contributed by atoms with Crippen molar-refractivity contribution < 1.29 is 48.8 Å². The van der Waals surface area contributed by atoms with E-state index in [0.717, 1.165) is 16.7 Å². The molecule has 0 spiro atoms. The summed E-state index contributed by atoms with van der Waals surface area (Å²) in [7, 11) is 0. The number of esters is 1. The number of hydrogen-bond acceptors (Lipinski definition) is 11. The number of hydroxylamine groups is 2. The predicted molar refractivity (Wildman–Crippen MR) is 157 cm³/mol. The van der Waals surface area contributed by atoms with Crippen molar-refractivity contribution in [3.8, 4) is 5.75 Å². The van der Waals surface area contributed by atoms with Gasteiger partial charge in [0.25, 0.3) is 0 Å². The third kappa shape index (κ3) is 5.71. The molecule has 240 valence electrons. The Bertz CT molecular complexity index is 1470. The summed E-state index contributed by atoms with van der Waals surface area (Å²) in [6, 6.07) is 12.1. The van der Waals surface area contributed by atoms with Crippen molar-refractivity contribution in [2.45, 2.75) is 68.9 Å². The summed E-state index contributed by atoms with van der Waals surface area (Å²) in [5.74, 6) is -1.79. The number of carbonyl (C=O) groups excluding carboxylic acids is 3. The molecule has 2 aromatic carbocycles. The molecule has 1 saturated carbocycles. The van der Waals surface area contributed by atoms with Crippen molar-refractivity contribution in [2.24, 2.45) is 5.41 Å². The minimum atomic E-state index is -1.52. The smallest absolute Gasteiger partial charge is 0.327 e. The number of ether oxygens (including phenoxy) is 3. The van der Waals surface area contributed by atoms with Crippen LogP contribution >= 0.6 is 0 Å². The highest BCUT2D eigenvalue weighted by Gasteiger charge is 2.74. The topological polar surface area (TPSA) is 176 Å². The van der Waals surface area contributed by atoms with Gasteiger partial charge in [0.2, 0.25) is 11.8 Å². The van der Waals surface area contributed by atoms with E-state index in [1.165, 1.54) is 12.0 Å². The number of carbonyl (C=O) groups is 3. The number of nitrogens with zero attached hydrogens (tertiary/aromatic N) is 1. The molecular formula is C32H37N3O10. The monoisotopic (exact) mass is 623 g/mol. The van der Waals surface area contributed by atoms with Gasteiger partial charge in [-0.3, -0.25) is 19.2 Å². The zero-order valence-corrected chi connectivity index (χ0v) is 24.7. The van der Waals surface area contributed by atoms with Gasteiger partial charge in [0.1, 0.15) is 48.4 Å². The number of allylic oxidation sites excluding steroid dienone is 1. The lowest BCUT2D eigenvalue weighted by Crippen LogP contribution is -2.71. The normalized spacial score (nSPS) is 30.0. The van der Waals surface area contributed by atoms with Crippen LogP contribution in [0.4, 0.5) is 0 Å². The molecule has 4 aliphatic rings. The first-order chi connectivity index (χ1) is 21.7. The molecule has 4 fully saturated rings. The van der Waals surface area contributed by atoms with Crippen molar-refractivity contribution in [1.29, 1.82) is 0 Å². The first-order valence-electron chi connectivity index (χ1n) is 15.0. The van der Waals surface area contributed by atoms with Crippen LogP contribution in [0.5, 0.6) is 5.75 Å².